The summed E-state index contributed by atoms with van der Waals surface area (Å²) in [5, 5.41) is 13.6. The standard InChI is InChI=1S/C14H20N4O3S3/c1-4-10(5-2)13-16-17-14(23-13)15-11(19)9-18(3)24(20,21)12-7-6-8-22-12/h6-8,10H,4-5,9H2,1-3H3,(H,15,17,19). The third kappa shape index (κ3) is 4.38. The Morgan fingerprint density at radius 1 is 1.33 bits per heavy atom. The number of carbonyl (C=O) groups is 1. The first kappa shape index (κ1) is 19.0. The van der Waals surface area contributed by atoms with Gasteiger partial charge in [-0.1, -0.05) is 31.3 Å². The summed E-state index contributed by atoms with van der Waals surface area (Å²) in [6, 6.07) is 3.17. The number of carbonyl (C=O) groups excluding carboxylic acids is 1. The molecule has 24 heavy (non-hydrogen) atoms. The number of nitrogens with zero attached hydrogens (tertiary/aromatic N) is 3. The predicted molar refractivity (Wildman–Crippen MR) is 96.0 cm³/mol. The van der Waals surface area contributed by atoms with Crippen LogP contribution < -0.4 is 5.32 Å². The Balaban J connectivity index is 1.98. The van der Waals surface area contributed by atoms with E-state index >= 15 is 0 Å². The SMILES string of the molecule is CCC(CC)c1nnc(NC(=O)CN(C)S(=O)(=O)c2cccs2)s1. The Morgan fingerprint density at radius 3 is 2.62 bits per heavy atom. The zero-order valence-electron chi connectivity index (χ0n) is 13.7. The number of amides is 1. The maximum atomic E-state index is 12.3. The molecule has 0 aliphatic carbocycles. The Hall–Kier alpha value is -1.36. The molecular formula is C14H20N4O3S3. The Bertz CT molecular complexity index is 767. The van der Waals surface area contributed by atoms with E-state index in [1.807, 2.05) is 0 Å². The van der Waals surface area contributed by atoms with E-state index in [1.165, 1.54) is 24.5 Å². The molecule has 1 amide bonds. The minimum atomic E-state index is -3.64. The van der Waals surface area contributed by atoms with Gasteiger partial charge in [0.15, 0.2) is 0 Å². The first-order valence-electron chi connectivity index (χ1n) is 7.51. The molecule has 0 spiro atoms. The molecule has 2 rings (SSSR count). The summed E-state index contributed by atoms with van der Waals surface area (Å²) >= 11 is 2.45. The van der Waals surface area contributed by atoms with E-state index in [2.05, 4.69) is 29.4 Å². The van der Waals surface area contributed by atoms with Crippen molar-refractivity contribution in [3.05, 3.63) is 22.5 Å². The molecule has 2 heterocycles. The Morgan fingerprint density at radius 2 is 2.04 bits per heavy atom. The number of rotatable bonds is 8. The lowest BCUT2D eigenvalue weighted by molar-refractivity contribution is -0.116. The van der Waals surface area contributed by atoms with Crippen LogP contribution in [-0.2, 0) is 14.8 Å². The van der Waals surface area contributed by atoms with Crippen molar-refractivity contribution in [3.63, 3.8) is 0 Å². The molecule has 0 unspecified atom stereocenters. The van der Waals surface area contributed by atoms with Crippen molar-refractivity contribution in [1.82, 2.24) is 14.5 Å². The van der Waals surface area contributed by atoms with Gasteiger partial charge in [-0.2, -0.15) is 4.31 Å². The number of sulfonamides is 1. The largest absolute Gasteiger partial charge is 0.299 e. The van der Waals surface area contributed by atoms with E-state index in [4.69, 9.17) is 0 Å². The number of likely N-dealkylation sites (N-methyl/N-ethyl adjacent to an activating group) is 1. The van der Waals surface area contributed by atoms with E-state index in [0.29, 0.717) is 11.0 Å². The second kappa shape index (κ2) is 8.15. The fourth-order valence-corrected chi connectivity index (χ4v) is 5.45. The van der Waals surface area contributed by atoms with Crippen LogP contribution in [0.4, 0.5) is 5.13 Å². The van der Waals surface area contributed by atoms with Crippen LogP contribution >= 0.6 is 22.7 Å². The summed E-state index contributed by atoms with van der Waals surface area (Å²) in [7, 11) is -2.26. The summed E-state index contributed by atoms with van der Waals surface area (Å²) in [6.45, 7) is 3.89. The van der Waals surface area contributed by atoms with Gasteiger partial charge in [-0.3, -0.25) is 10.1 Å². The van der Waals surface area contributed by atoms with Crippen LogP contribution in [0.1, 0.15) is 37.6 Å². The molecule has 0 aliphatic heterocycles. The van der Waals surface area contributed by atoms with Crippen LogP contribution in [0.25, 0.3) is 0 Å². The highest BCUT2D eigenvalue weighted by Crippen LogP contribution is 2.28. The second-order valence-corrected chi connectivity index (χ2v) is 9.43. The lowest BCUT2D eigenvalue weighted by Crippen LogP contribution is -2.34. The van der Waals surface area contributed by atoms with Crippen molar-refractivity contribution >= 4 is 43.7 Å². The minimum Gasteiger partial charge on any atom is -0.299 e. The maximum Gasteiger partial charge on any atom is 0.252 e. The van der Waals surface area contributed by atoms with Crippen molar-refractivity contribution in [2.45, 2.75) is 36.8 Å². The molecule has 7 nitrogen and oxygen atoms in total. The van der Waals surface area contributed by atoms with Gasteiger partial charge < -0.3 is 0 Å². The first-order valence-corrected chi connectivity index (χ1v) is 10.6. The molecule has 0 saturated heterocycles. The van der Waals surface area contributed by atoms with Gasteiger partial charge in [0.05, 0.1) is 6.54 Å². The van der Waals surface area contributed by atoms with E-state index in [9.17, 15) is 13.2 Å². The fraction of sp³-hybridized carbons (Fsp3) is 0.500. The van der Waals surface area contributed by atoms with Crippen LogP contribution in [0.5, 0.6) is 0 Å². The van der Waals surface area contributed by atoms with Crippen molar-refractivity contribution in [1.29, 1.82) is 0 Å². The van der Waals surface area contributed by atoms with Crippen LogP contribution in [0.2, 0.25) is 0 Å². The molecular weight excluding hydrogens is 368 g/mol. The van der Waals surface area contributed by atoms with Gasteiger partial charge in [0.1, 0.15) is 9.22 Å². The van der Waals surface area contributed by atoms with Gasteiger partial charge in [0.25, 0.3) is 10.0 Å². The van der Waals surface area contributed by atoms with Crippen LogP contribution in [-0.4, -0.2) is 42.4 Å². The number of nitrogens with one attached hydrogen (secondary N) is 1. The summed E-state index contributed by atoms with van der Waals surface area (Å²) in [5.74, 6) is -0.111. The van der Waals surface area contributed by atoms with Crippen LogP contribution in [0.3, 0.4) is 0 Å². The molecule has 0 fully saturated rings. The quantitative estimate of drug-likeness (QED) is 0.751. The van der Waals surface area contributed by atoms with Gasteiger partial charge >= 0.3 is 0 Å². The zero-order chi connectivity index (χ0) is 17.7. The summed E-state index contributed by atoms with van der Waals surface area (Å²) in [5.41, 5.74) is 0. The van der Waals surface area contributed by atoms with Crippen LogP contribution in [0, 0.1) is 0 Å². The van der Waals surface area contributed by atoms with Crippen LogP contribution in [0.15, 0.2) is 21.7 Å². The maximum absolute atomic E-state index is 12.3. The second-order valence-electron chi connectivity index (χ2n) is 5.20. The van der Waals surface area contributed by atoms with Crippen molar-refractivity contribution in [3.8, 4) is 0 Å². The van der Waals surface area contributed by atoms with Crippen molar-refractivity contribution in [2.75, 3.05) is 18.9 Å². The average molecular weight is 389 g/mol. The number of anilines is 1. The molecule has 0 radical (unpaired) electrons. The van der Waals surface area contributed by atoms with E-state index in [0.717, 1.165) is 33.5 Å². The molecule has 10 heteroatoms. The molecule has 132 valence electrons. The number of hydrogen-bond acceptors (Lipinski definition) is 7. The van der Waals surface area contributed by atoms with Gasteiger partial charge in [-0.05, 0) is 24.3 Å². The Labute approximate surface area is 149 Å². The zero-order valence-corrected chi connectivity index (χ0v) is 16.2. The van der Waals surface area contributed by atoms with Gasteiger partial charge in [0.2, 0.25) is 11.0 Å². The minimum absolute atomic E-state index is 0.213. The lowest BCUT2D eigenvalue weighted by Gasteiger charge is -2.14. The molecule has 1 N–H and O–H groups in total. The highest BCUT2D eigenvalue weighted by atomic mass is 32.2. The smallest absolute Gasteiger partial charge is 0.252 e. The summed E-state index contributed by atoms with van der Waals surface area (Å²) in [4.78, 5) is 12.1. The number of aromatic nitrogens is 2. The van der Waals surface area contributed by atoms with Gasteiger partial charge in [-0.25, -0.2) is 8.42 Å². The van der Waals surface area contributed by atoms with Crippen molar-refractivity contribution < 1.29 is 13.2 Å². The third-order valence-electron chi connectivity index (χ3n) is 3.55. The normalized spacial score (nSPS) is 12.0. The molecule has 2 aromatic heterocycles. The molecule has 2 aromatic rings. The molecule has 0 aromatic carbocycles. The molecule has 0 saturated carbocycles. The highest BCUT2D eigenvalue weighted by Gasteiger charge is 2.24. The fourth-order valence-electron chi connectivity index (χ4n) is 2.10. The third-order valence-corrected chi connectivity index (χ3v) is 7.73. The van der Waals surface area contributed by atoms with E-state index < -0.39 is 15.9 Å². The summed E-state index contributed by atoms with van der Waals surface area (Å²) < 4.78 is 25.8. The van der Waals surface area contributed by atoms with Crippen molar-refractivity contribution in [2.24, 2.45) is 0 Å². The Kier molecular flexibility index (Phi) is 6.44. The highest BCUT2D eigenvalue weighted by molar-refractivity contribution is 7.91. The predicted octanol–water partition coefficient (Wildman–Crippen LogP) is 2.76. The average Bonchev–Trinajstić information content (AvgIpc) is 3.20. The van der Waals surface area contributed by atoms with Gasteiger partial charge in [0, 0.05) is 13.0 Å². The number of thiophene rings is 1. The molecule has 0 bridgehead atoms. The van der Waals surface area contributed by atoms with Gasteiger partial charge in [-0.15, -0.1) is 21.5 Å². The molecule has 0 atom stereocenters. The summed E-state index contributed by atoms with van der Waals surface area (Å²) in [6.07, 6.45) is 1.92. The molecule has 0 aliphatic rings. The first-order chi connectivity index (χ1) is 11.4. The number of hydrogen-bond donors (Lipinski definition) is 1. The van der Waals surface area contributed by atoms with E-state index in [-0.39, 0.29) is 10.8 Å². The monoisotopic (exact) mass is 388 g/mol. The lowest BCUT2D eigenvalue weighted by atomic mass is 10.1. The van der Waals surface area contributed by atoms with E-state index in [1.54, 1.807) is 11.4 Å². The topological polar surface area (TPSA) is 92.3 Å².